The Labute approximate surface area is 174 Å². The molecule has 0 heterocycles. The highest BCUT2D eigenvalue weighted by Crippen LogP contribution is 2.22. The summed E-state index contributed by atoms with van der Waals surface area (Å²) in [5.41, 5.74) is 4.16. The van der Waals surface area contributed by atoms with Crippen molar-refractivity contribution in [3.8, 4) is 11.1 Å². The normalized spacial score (nSPS) is 12.7. The molecule has 2 atom stereocenters. The van der Waals surface area contributed by atoms with E-state index >= 15 is 0 Å². The second-order valence-corrected chi connectivity index (χ2v) is 7.11. The van der Waals surface area contributed by atoms with Crippen LogP contribution in [0.1, 0.15) is 17.3 Å². The fourth-order valence-corrected chi connectivity index (χ4v) is 2.75. The lowest BCUT2D eigenvalue weighted by atomic mass is 10.0. The number of benzene rings is 2. The molecule has 0 saturated heterocycles. The lowest BCUT2D eigenvalue weighted by molar-refractivity contribution is -0.133. The van der Waals surface area contributed by atoms with Gasteiger partial charge in [0.05, 0.1) is 12.6 Å². The minimum absolute atomic E-state index is 0.103. The summed E-state index contributed by atoms with van der Waals surface area (Å²) in [6.45, 7) is 1.62. The van der Waals surface area contributed by atoms with E-state index in [9.17, 15) is 19.5 Å². The molecule has 0 aromatic heterocycles. The number of rotatable bonds is 8. The Morgan fingerprint density at radius 3 is 1.97 bits per heavy atom. The van der Waals surface area contributed by atoms with Crippen molar-refractivity contribution in [1.29, 1.82) is 0 Å². The lowest BCUT2D eigenvalue weighted by Crippen LogP contribution is -2.51. The van der Waals surface area contributed by atoms with Gasteiger partial charge in [0, 0.05) is 11.3 Å². The average Bonchev–Trinajstić information content (AvgIpc) is 2.71. The highest BCUT2D eigenvalue weighted by Gasteiger charge is 2.25. The van der Waals surface area contributed by atoms with Gasteiger partial charge in [-0.2, -0.15) is 0 Å². The molecule has 2 rings (SSSR count). The number of aliphatic hydroxyl groups is 1. The van der Waals surface area contributed by atoms with E-state index in [4.69, 9.17) is 5.21 Å². The van der Waals surface area contributed by atoms with Crippen molar-refractivity contribution in [2.75, 3.05) is 26.0 Å². The molecule has 3 amide bonds. The van der Waals surface area contributed by atoms with Crippen LogP contribution in [0, 0.1) is 0 Å². The smallest absolute Gasteiger partial charge is 0.268 e. The largest absolute Gasteiger partial charge is 0.391 e. The molecule has 0 aliphatic rings. The predicted molar refractivity (Wildman–Crippen MR) is 112 cm³/mol. The number of carbonyl (C=O) groups is 3. The second kappa shape index (κ2) is 10.5. The maximum Gasteiger partial charge on any atom is 0.268 e. The van der Waals surface area contributed by atoms with Crippen LogP contribution in [-0.4, -0.2) is 65.7 Å². The SMILES string of the molecule is C[C@@H](O)C(NC(=O)c1ccc(-c2ccc(NC(=O)CN(C)C)cc2)cc1)C(=O)NO. The van der Waals surface area contributed by atoms with Crippen molar-refractivity contribution < 1.29 is 24.7 Å². The molecule has 0 spiro atoms. The number of carbonyl (C=O) groups excluding carboxylic acids is 3. The van der Waals surface area contributed by atoms with Gasteiger partial charge in [0.1, 0.15) is 6.04 Å². The number of nitrogens with zero attached hydrogens (tertiary/aromatic N) is 1. The second-order valence-electron chi connectivity index (χ2n) is 7.11. The molecular weight excluding hydrogens is 388 g/mol. The third-order valence-corrected chi connectivity index (χ3v) is 4.27. The number of likely N-dealkylation sites (N-methyl/N-ethyl adjacent to an activating group) is 1. The molecule has 0 aliphatic heterocycles. The van der Waals surface area contributed by atoms with Gasteiger partial charge >= 0.3 is 0 Å². The summed E-state index contributed by atoms with van der Waals surface area (Å²) in [6, 6.07) is 12.7. The number of hydrogen-bond donors (Lipinski definition) is 5. The molecule has 1 unspecified atom stereocenters. The monoisotopic (exact) mass is 414 g/mol. The van der Waals surface area contributed by atoms with E-state index in [0.29, 0.717) is 17.8 Å². The molecule has 0 bridgehead atoms. The van der Waals surface area contributed by atoms with Crippen molar-refractivity contribution in [1.82, 2.24) is 15.7 Å². The van der Waals surface area contributed by atoms with Crippen LogP contribution in [0.15, 0.2) is 48.5 Å². The maximum atomic E-state index is 12.3. The van der Waals surface area contributed by atoms with Crippen molar-refractivity contribution in [2.45, 2.75) is 19.1 Å². The molecular formula is C21H26N4O5. The number of hydrogen-bond acceptors (Lipinski definition) is 6. The summed E-state index contributed by atoms with van der Waals surface area (Å²) >= 11 is 0. The first-order valence-corrected chi connectivity index (χ1v) is 9.29. The first-order chi connectivity index (χ1) is 14.2. The van der Waals surface area contributed by atoms with Gasteiger partial charge in [-0.05, 0) is 56.4 Å². The number of amides is 3. The third kappa shape index (κ3) is 6.38. The Hall–Kier alpha value is -3.27. The van der Waals surface area contributed by atoms with E-state index < -0.39 is 24.0 Å². The Balaban J connectivity index is 2.05. The van der Waals surface area contributed by atoms with Gasteiger partial charge in [-0.15, -0.1) is 0 Å². The summed E-state index contributed by atoms with van der Waals surface area (Å²) in [6.07, 6.45) is -1.18. The summed E-state index contributed by atoms with van der Waals surface area (Å²) in [4.78, 5) is 37.5. The first-order valence-electron chi connectivity index (χ1n) is 9.29. The third-order valence-electron chi connectivity index (χ3n) is 4.27. The van der Waals surface area contributed by atoms with Crippen LogP contribution in [0.5, 0.6) is 0 Å². The zero-order valence-corrected chi connectivity index (χ0v) is 17.0. The number of anilines is 1. The molecule has 2 aromatic rings. The summed E-state index contributed by atoms with van der Waals surface area (Å²) in [5, 5.41) is 23.5. The fourth-order valence-electron chi connectivity index (χ4n) is 2.75. The van der Waals surface area contributed by atoms with Crippen molar-refractivity contribution >= 4 is 23.4 Å². The van der Waals surface area contributed by atoms with E-state index in [1.807, 2.05) is 26.2 Å². The highest BCUT2D eigenvalue weighted by molar-refractivity contribution is 5.98. The summed E-state index contributed by atoms with van der Waals surface area (Å²) in [7, 11) is 3.64. The number of nitrogens with one attached hydrogen (secondary N) is 3. The quantitative estimate of drug-likeness (QED) is 0.321. The van der Waals surface area contributed by atoms with Gasteiger partial charge in [-0.25, -0.2) is 5.48 Å². The van der Waals surface area contributed by atoms with E-state index in [-0.39, 0.29) is 5.91 Å². The van der Waals surface area contributed by atoms with Crippen molar-refractivity contribution in [3.05, 3.63) is 54.1 Å². The lowest BCUT2D eigenvalue weighted by Gasteiger charge is -2.19. The van der Waals surface area contributed by atoms with Crippen LogP contribution in [0.4, 0.5) is 5.69 Å². The molecule has 2 aromatic carbocycles. The van der Waals surface area contributed by atoms with Gasteiger partial charge < -0.3 is 20.6 Å². The molecule has 0 radical (unpaired) electrons. The van der Waals surface area contributed by atoms with E-state index in [1.165, 1.54) is 12.4 Å². The Bertz CT molecular complexity index is 879. The Kier molecular flexibility index (Phi) is 8.05. The van der Waals surface area contributed by atoms with E-state index in [0.717, 1.165) is 11.1 Å². The molecule has 0 fully saturated rings. The molecule has 0 saturated carbocycles. The Morgan fingerprint density at radius 1 is 0.967 bits per heavy atom. The van der Waals surface area contributed by atoms with Gasteiger partial charge in [0.15, 0.2) is 0 Å². The van der Waals surface area contributed by atoms with E-state index in [1.54, 1.807) is 41.3 Å². The van der Waals surface area contributed by atoms with Crippen LogP contribution < -0.4 is 16.1 Å². The molecule has 160 valence electrons. The van der Waals surface area contributed by atoms with Crippen LogP contribution in [-0.2, 0) is 9.59 Å². The molecule has 30 heavy (non-hydrogen) atoms. The van der Waals surface area contributed by atoms with Crippen molar-refractivity contribution in [2.24, 2.45) is 0 Å². The minimum Gasteiger partial charge on any atom is -0.391 e. The highest BCUT2D eigenvalue weighted by atomic mass is 16.5. The zero-order valence-electron chi connectivity index (χ0n) is 17.0. The Morgan fingerprint density at radius 2 is 1.50 bits per heavy atom. The summed E-state index contributed by atoms with van der Waals surface area (Å²) in [5.74, 6) is -1.57. The fraction of sp³-hybridized carbons (Fsp3) is 0.286. The standard InChI is InChI=1S/C21H26N4O5/c1-13(26)19(21(29)24-30)23-20(28)16-6-4-14(5-7-16)15-8-10-17(11-9-15)22-18(27)12-25(2)3/h4-11,13,19,26,30H,12H2,1-3H3,(H,22,27)(H,23,28)(H,24,29)/t13-,19?/m1/s1. The van der Waals surface area contributed by atoms with Gasteiger partial charge in [0.25, 0.3) is 11.8 Å². The average molecular weight is 414 g/mol. The summed E-state index contributed by atoms with van der Waals surface area (Å²) < 4.78 is 0. The van der Waals surface area contributed by atoms with Crippen LogP contribution in [0.3, 0.4) is 0 Å². The maximum absolute atomic E-state index is 12.3. The predicted octanol–water partition coefficient (Wildman–Crippen LogP) is 0.838. The van der Waals surface area contributed by atoms with E-state index in [2.05, 4.69) is 10.6 Å². The topological polar surface area (TPSA) is 131 Å². The molecule has 0 aliphatic carbocycles. The minimum atomic E-state index is -1.28. The van der Waals surface area contributed by atoms with Crippen LogP contribution in [0.2, 0.25) is 0 Å². The molecule has 9 nitrogen and oxygen atoms in total. The van der Waals surface area contributed by atoms with Gasteiger partial charge in [-0.1, -0.05) is 24.3 Å². The first kappa shape index (κ1) is 23.0. The van der Waals surface area contributed by atoms with Crippen molar-refractivity contribution in [3.63, 3.8) is 0 Å². The number of hydroxylamine groups is 1. The zero-order chi connectivity index (χ0) is 22.3. The molecule has 9 heteroatoms. The van der Waals surface area contributed by atoms with Crippen LogP contribution >= 0.6 is 0 Å². The van der Waals surface area contributed by atoms with Gasteiger partial charge in [-0.3, -0.25) is 19.6 Å². The number of aliphatic hydroxyl groups excluding tert-OH is 1. The molecule has 5 N–H and O–H groups in total. The van der Waals surface area contributed by atoms with Gasteiger partial charge in [0.2, 0.25) is 5.91 Å². The van der Waals surface area contributed by atoms with Crippen LogP contribution in [0.25, 0.3) is 11.1 Å².